The second kappa shape index (κ2) is 6.01. The summed E-state index contributed by atoms with van der Waals surface area (Å²) in [7, 11) is 0. The van der Waals surface area contributed by atoms with E-state index in [1.807, 2.05) is 6.92 Å². The van der Waals surface area contributed by atoms with Crippen LogP contribution in [0.2, 0.25) is 0 Å². The van der Waals surface area contributed by atoms with Crippen molar-refractivity contribution in [1.82, 2.24) is 9.80 Å². The largest absolute Gasteiger partial charge is 0.390 e. The van der Waals surface area contributed by atoms with Crippen molar-refractivity contribution in [1.29, 1.82) is 0 Å². The van der Waals surface area contributed by atoms with Crippen molar-refractivity contribution in [2.75, 3.05) is 26.2 Å². The third-order valence-corrected chi connectivity index (χ3v) is 4.49. The molecule has 2 rings (SSSR count). The number of hydrogen-bond donors (Lipinski definition) is 1. The first kappa shape index (κ1) is 14.5. The standard InChI is InChI=1S/C14H24N2O3/c1-3-14(19)16-8-12(13(18)9-16)15-6-4-11(5-7-15)10(2)17/h11-13,18H,3-9H2,1-2H3/t12-,13-/m1/s1. The molecule has 0 saturated carbocycles. The van der Waals surface area contributed by atoms with Crippen molar-refractivity contribution in [3.05, 3.63) is 0 Å². The minimum Gasteiger partial charge on any atom is -0.390 e. The molecule has 0 spiro atoms. The summed E-state index contributed by atoms with van der Waals surface area (Å²) in [5.74, 6) is 0.567. The van der Waals surface area contributed by atoms with Gasteiger partial charge in [0, 0.05) is 25.4 Å². The fourth-order valence-electron chi connectivity index (χ4n) is 3.19. The van der Waals surface area contributed by atoms with E-state index in [4.69, 9.17) is 0 Å². The second-order valence-electron chi connectivity index (χ2n) is 5.71. The lowest BCUT2D eigenvalue weighted by Gasteiger charge is -2.36. The predicted octanol–water partition coefficient (Wildman–Crippen LogP) is 0.269. The Hall–Kier alpha value is -0.940. The molecule has 0 radical (unpaired) electrons. The summed E-state index contributed by atoms with van der Waals surface area (Å²) in [6, 6.07) is 0.0448. The van der Waals surface area contributed by atoms with Crippen molar-refractivity contribution >= 4 is 11.7 Å². The zero-order valence-electron chi connectivity index (χ0n) is 11.8. The zero-order valence-corrected chi connectivity index (χ0v) is 11.8. The highest BCUT2D eigenvalue weighted by atomic mass is 16.3. The van der Waals surface area contributed by atoms with E-state index in [9.17, 15) is 14.7 Å². The number of amides is 1. The van der Waals surface area contributed by atoms with Gasteiger partial charge in [-0.15, -0.1) is 0 Å². The molecule has 0 aliphatic carbocycles. The van der Waals surface area contributed by atoms with E-state index in [0.29, 0.717) is 19.5 Å². The molecule has 2 saturated heterocycles. The Morgan fingerprint density at radius 3 is 2.37 bits per heavy atom. The SMILES string of the molecule is CCC(=O)N1C[C@@H](O)[C@H](N2CCC(C(C)=O)CC2)C1. The molecule has 1 amide bonds. The topological polar surface area (TPSA) is 60.9 Å². The molecular weight excluding hydrogens is 244 g/mol. The minimum absolute atomic E-state index is 0.0448. The molecule has 5 nitrogen and oxygen atoms in total. The lowest BCUT2D eigenvalue weighted by Crippen LogP contribution is -2.48. The molecule has 2 atom stereocenters. The number of piperidine rings is 1. The number of carbonyl (C=O) groups is 2. The monoisotopic (exact) mass is 268 g/mol. The van der Waals surface area contributed by atoms with Crippen LogP contribution < -0.4 is 0 Å². The normalized spacial score (nSPS) is 29.7. The number of nitrogens with zero attached hydrogens (tertiary/aromatic N) is 2. The molecule has 2 aliphatic heterocycles. The third-order valence-electron chi connectivity index (χ3n) is 4.49. The lowest BCUT2D eigenvalue weighted by atomic mass is 9.92. The highest BCUT2D eigenvalue weighted by Gasteiger charge is 2.38. The van der Waals surface area contributed by atoms with Crippen LogP contribution in [0.15, 0.2) is 0 Å². The average molecular weight is 268 g/mol. The van der Waals surface area contributed by atoms with Crippen LogP contribution >= 0.6 is 0 Å². The maximum Gasteiger partial charge on any atom is 0.222 e. The molecule has 0 unspecified atom stereocenters. The van der Waals surface area contributed by atoms with Crippen LogP contribution in [0.4, 0.5) is 0 Å². The van der Waals surface area contributed by atoms with E-state index in [1.54, 1.807) is 11.8 Å². The van der Waals surface area contributed by atoms with Gasteiger partial charge in [0.2, 0.25) is 5.91 Å². The van der Waals surface area contributed by atoms with Gasteiger partial charge in [-0.2, -0.15) is 0 Å². The van der Waals surface area contributed by atoms with Gasteiger partial charge in [0.25, 0.3) is 0 Å². The Labute approximate surface area is 114 Å². The van der Waals surface area contributed by atoms with Crippen molar-refractivity contribution < 1.29 is 14.7 Å². The van der Waals surface area contributed by atoms with E-state index in [-0.39, 0.29) is 23.7 Å². The average Bonchev–Trinajstić information content (AvgIpc) is 2.80. The first-order valence-electron chi connectivity index (χ1n) is 7.23. The zero-order chi connectivity index (χ0) is 14.0. The number of aliphatic hydroxyl groups excluding tert-OH is 1. The second-order valence-corrected chi connectivity index (χ2v) is 5.71. The molecule has 0 aromatic heterocycles. The van der Waals surface area contributed by atoms with Gasteiger partial charge in [0.1, 0.15) is 5.78 Å². The van der Waals surface area contributed by atoms with Gasteiger partial charge in [-0.25, -0.2) is 0 Å². The Bertz CT molecular complexity index is 351. The summed E-state index contributed by atoms with van der Waals surface area (Å²) in [4.78, 5) is 27.0. The Morgan fingerprint density at radius 2 is 1.84 bits per heavy atom. The van der Waals surface area contributed by atoms with Crippen molar-refractivity contribution in [2.24, 2.45) is 5.92 Å². The molecule has 0 aromatic carbocycles. The number of hydrogen-bond acceptors (Lipinski definition) is 4. The Morgan fingerprint density at radius 1 is 1.21 bits per heavy atom. The molecule has 1 N–H and O–H groups in total. The molecule has 0 aromatic rings. The van der Waals surface area contributed by atoms with Crippen LogP contribution in [0, 0.1) is 5.92 Å². The van der Waals surface area contributed by atoms with Crippen LogP contribution in [0.25, 0.3) is 0 Å². The third kappa shape index (κ3) is 3.15. The molecule has 108 valence electrons. The molecule has 19 heavy (non-hydrogen) atoms. The van der Waals surface area contributed by atoms with Gasteiger partial charge in [0.05, 0.1) is 12.1 Å². The Kier molecular flexibility index (Phi) is 4.58. The number of carbonyl (C=O) groups excluding carboxylic acids is 2. The summed E-state index contributed by atoms with van der Waals surface area (Å²) in [6.07, 6.45) is 1.79. The van der Waals surface area contributed by atoms with E-state index >= 15 is 0 Å². The highest BCUT2D eigenvalue weighted by Crippen LogP contribution is 2.24. The molecule has 2 heterocycles. The van der Waals surface area contributed by atoms with Gasteiger partial charge >= 0.3 is 0 Å². The summed E-state index contributed by atoms with van der Waals surface area (Å²) in [5.41, 5.74) is 0. The smallest absolute Gasteiger partial charge is 0.222 e. The van der Waals surface area contributed by atoms with E-state index in [2.05, 4.69) is 4.90 Å². The minimum atomic E-state index is -0.454. The fraction of sp³-hybridized carbons (Fsp3) is 0.857. The van der Waals surface area contributed by atoms with Gasteiger partial charge < -0.3 is 10.0 Å². The van der Waals surface area contributed by atoms with E-state index in [1.165, 1.54) is 0 Å². The van der Waals surface area contributed by atoms with Crippen molar-refractivity contribution in [3.8, 4) is 0 Å². The quantitative estimate of drug-likeness (QED) is 0.798. The van der Waals surface area contributed by atoms with Crippen molar-refractivity contribution in [2.45, 2.75) is 45.3 Å². The number of aliphatic hydroxyl groups is 1. The maximum atomic E-state index is 11.7. The lowest BCUT2D eigenvalue weighted by molar-refractivity contribution is -0.130. The first-order chi connectivity index (χ1) is 9.02. The summed E-state index contributed by atoms with van der Waals surface area (Å²) < 4.78 is 0. The van der Waals surface area contributed by atoms with Gasteiger partial charge in [0.15, 0.2) is 0 Å². The summed E-state index contributed by atoms with van der Waals surface area (Å²) in [5, 5.41) is 10.1. The summed E-state index contributed by atoms with van der Waals surface area (Å²) >= 11 is 0. The van der Waals surface area contributed by atoms with Crippen LogP contribution in [-0.2, 0) is 9.59 Å². The Balaban J connectivity index is 1.89. The highest BCUT2D eigenvalue weighted by molar-refractivity contribution is 5.78. The van der Waals surface area contributed by atoms with Crippen LogP contribution in [0.3, 0.4) is 0 Å². The molecular formula is C14H24N2O3. The molecule has 5 heteroatoms. The molecule has 2 aliphatic rings. The van der Waals surface area contributed by atoms with E-state index < -0.39 is 6.10 Å². The van der Waals surface area contributed by atoms with E-state index in [0.717, 1.165) is 25.9 Å². The number of β-amino-alcohol motifs (C(OH)–C–C–N with tert-alkyl or cyclic N) is 1. The molecule has 2 fully saturated rings. The van der Waals surface area contributed by atoms with Gasteiger partial charge in [-0.1, -0.05) is 6.92 Å². The number of Topliss-reactive ketones (excluding diaryl/α,β-unsaturated/α-hetero) is 1. The number of rotatable bonds is 3. The molecule has 0 bridgehead atoms. The first-order valence-corrected chi connectivity index (χ1v) is 7.23. The number of likely N-dealkylation sites (tertiary alicyclic amines) is 2. The summed E-state index contributed by atoms with van der Waals surface area (Å²) in [6.45, 7) is 6.27. The van der Waals surface area contributed by atoms with Gasteiger partial charge in [-0.05, 0) is 32.9 Å². The predicted molar refractivity (Wildman–Crippen MR) is 71.6 cm³/mol. The van der Waals surface area contributed by atoms with Crippen LogP contribution in [-0.4, -0.2) is 64.9 Å². The maximum absolute atomic E-state index is 11.7. The van der Waals surface area contributed by atoms with Gasteiger partial charge in [-0.3, -0.25) is 14.5 Å². The number of ketones is 1. The van der Waals surface area contributed by atoms with Crippen LogP contribution in [0.1, 0.15) is 33.1 Å². The van der Waals surface area contributed by atoms with Crippen LogP contribution in [0.5, 0.6) is 0 Å². The fourth-order valence-corrected chi connectivity index (χ4v) is 3.19. The van der Waals surface area contributed by atoms with Crippen molar-refractivity contribution in [3.63, 3.8) is 0 Å².